The fourth-order valence-electron chi connectivity index (χ4n) is 3.51. The van der Waals surface area contributed by atoms with Crippen LogP contribution in [0.25, 0.3) is 0 Å². The largest absolute Gasteiger partial charge is 2.00 e. The van der Waals surface area contributed by atoms with Gasteiger partial charge in [0, 0.05) is 0 Å². The second kappa shape index (κ2) is 18.4. The minimum Gasteiger partial charge on any atom is -0.507 e. The van der Waals surface area contributed by atoms with Crippen LogP contribution in [0.3, 0.4) is 0 Å². The molecule has 0 fully saturated rings. The fraction of sp³-hybridized carbons (Fsp3) is 0.611. The van der Waals surface area contributed by atoms with Crippen molar-refractivity contribution < 1.29 is 36.4 Å². The van der Waals surface area contributed by atoms with Crippen LogP contribution in [0.15, 0.2) is 36.4 Å². The molecule has 2 rings (SSSR count). The van der Waals surface area contributed by atoms with Gasteiger partial charge in [-0.3, -0.25) is 0 Å². The van der Waals surface area contributed by atoms with Crippen LogP contribution in [0.5, 0.6) is 11.5 Å². The van der Waals surface area contributed by atoms with E-state index < -0.39 is 0 Å². The molecular weight excluding hydrogens is 556 g/mol. The van der Waals surface area contributed by atoms with E-state index in [1.54, 1.807) is 0 Å². The first kappa shape index (κ1) is 42.4. The molecule has 39 heavy (non-hydrogen) atoms. The third kappa shape index (κ3) is 16.1. The summed E-state index contributed by atoms with van der Waals surface area (Å²) in [5.41, 5.74) is 4.06. The predicted octanol–water partition coefficient (Wildman–Crippen LogP) is 11.2. The molecule has 0 aliphatic rings. The van der Waals surface area contributed by atoms with Crippen molar-refractivity contribution in [1.82, 2.24) is 0 Å². The predicted molar refractivity (Wildman–Crippen MR) is 172 cm³/mol. The fourth-order valence-corrected chi connectivity index (χ4v) is 3.51. The molecule has 0 spiro atoms. The molecule has 0 unspecified atom stereocenters. The van der Waals surface area contributed by atoms with E-state index in [0.29, 0.717) is 11.5 Å². The van der Waals surface area contributed by atoms with Crippen LogP contribution in [0.2, 0.25) is 0 Å². The van der Waals surface area contributed by atoms with E-state index in [9.17, 15) is 10.2 Å². The molecule has 2 N–H and O–H groups in total. The number of aromatic hydroxyl groups is 2. The average molecular weight is 618 g/mol. The number of rotatable bonds is 2. The molecule has 0 aromatic heterocycles. The van der Waals surface area contributed by atoms with Crippen molar-refractivity contribution in [2.24, 2.45) is 0 Å². The normalized spacial score (nSPS) is 11.5. The van der Waals surface area contributed by atoms with Gasteiger partial charge in [-0.05, 0) is 43.9 Å². The summed E-state index contributed by atoms with van der Waals surface area (Å²) in [7, 11) is 0. The third-order valence-corrected chi connectivity index (χ3v) is 6.01. The van der Waals surface area contributed by atoms with Crippen LogP contribution >= 0.6 is 0 Å². The summed E-state index contributed by atoms with van der Waals surface area (Å²) in [5.74, 6) is 0.912. The van der Waals surface area contributed by atoms with Crippen LogP contribution in [0.4, 0.5) is 0 Å². The molecule has 0 bridgehead atoms. The average Bonchev–Trinajstić information content (AvgIpc) is 2.77. The Morgan fingerprint density at radius 2 is 0.641 bits per heavy atom. The Labute approximate surface area is 263 Å². The quantitative estimate of drug-likeness (QED) is 0.329. The molecule has 0 radical (unpaired) electrons. The van der Waals surface area contributed by atoms with Crippen molar-refractivity contribution in [2.75, 3.05) is 0 Å². The zero-order valence-corrected chi connectivity index (χ0v) is 30.6. The Balaban J connectivity index is -0.000000512. The van der Waals surface area contributed by atoms with Gasteiger partial charge in [0.1, 0.15) is 11.5 Å². The number of benzene rings is 2. The number of hydrogen-bond donors (Lipinski definition) is 2. The molecule has 3 heteroatoms. The van der Waals surface area contributed by atoms with Gasteiger partial charge in [-0.25, -0.2) is 0 Å². The molecule has 222 valence electrons. The van der Waals surface area contributed by atoms with Crippen LogP contribution in [0, 0.1) is 13.8 Å². The number of phenols is 2. The number of para-hydroxylation sites is 2. The van der Waals surface area contributed by atoms with Gasteiger partial charge >= 0.3 is 26.2 Å². The van der Waals surface area contributed by atoms with Gasteiger partial charge in [-0.2, -0.15) is 12.8 Å². The molecule has 0 aliphatic heterocycles. The van der Waals surface area contributed by atoms with Gasteiger partial charge in [0.15, 0.2) is 0 Å². The van der Waals surface area contributed by atoms with Crippen molar-refractivity contribution >= 4 is 0 Å². The van der Waals surface area contributed by atoms with Gasteiger partial charge in [0.2, 0.25) is 0 Å². The minimum absolute atomic E-state index is 0. The zero-order valence-electron chi connectivity index (χ0n) is 28.1. The second-order valence-corrected chi connectivity index (χ2v) is 14.1. The van der Waals surface area contributed by atoms with Crippen molar-refractivity contribution in [2.45, 2.75) is 144 Å². The summed E-state index contributed by atoms with van der Waals surface area (Å²) in [6, 6.07) is 12.1. The number of phenolic OH excluding ortho intramolecular Hbond substituents is 2. The maximum Gasteiger partial charge on any atom is 2.00 e. The molecule has 0 saturated carbocycles. The van der Waals surface area contributed by atoms with Crippen LogP contribution in [-0.2, 0) is 47.9 Å². The van der Waals surface area contributed by atoms with Gasteiger partial charge in [0.05, 0.1) is 0 Å². The molecule has 0 amide bonds. The van der Waals surface area contributed by atoms with Gasteiger partial charge in [0.25, 0.3) is 0 Å². The van der Waals surface area contributed by atoms with Crippen molar-refractivity contribution in [3.63, 3.8) is 0 Å². The molecule has 2 aromatic rings. The molecule has 2 nitrogen and oxygen atoms in total. The topological polar surface area (TPSA) is 40.5 Å². The Kier molecular flexibility index (Phi) is 20.0. The Hall–Kier alpha value is -1.08. The van der Waals surface area contributed by atoms with Crippen LogP contribution < -0.4 is 0 Å². The maximum absolute atomic E-state index is 10.3. The summed E-state index contributed by atoms with van der Waals surface area (Å²) in [5, 5.41) is 20.5. The monoisotopic (exact) mass is 616 g/mol. The SMILES string of the molecule is CC(C)(C)c1cccc(C(C)(C)C)c1O.CC(C)(C)c1cccc(C(C)(C)C)c1O.[CH2-]CCC.[CH2-]CCC.[Zr+2]. The van der Waals surface area contributed by atoms with Crippen LogP contribution in [-0.4, -0.2) is 10.2 Å². The van der Waals surface area contributed by atoms with Gasteiger partial charge in [-0.1, -0.05) is 146 Å². The van der Waals surface area contributed by atoms with E-state index in [-0.39, 0.29) is 47.9 Å². The summed E-state index contributed by atoms with van der Waals surface area (Å²) >= 11 is 0. The molecule has 0 saturated heterocycles. The van der Waals surface area contributed by atoms with E-state index in [1.807, 2.05) is 36.4 Å². The van der Waals surface area contributed by atoms with E-state index in [4.69, 9.17) is 0 Å². The minimum atomic E-state index is -0.00859. The van der Waals surface area contributed by atoms with Crippen molar-refractivity contribution in [1.29, 1.82) is 0 Å². The third-order valence-electron chi connectivity index (χ3n) is 6.01. The van der Waals surface area contributed by atoms with Gasteiger partial charge in [-0.15, -0.1) is 0 Å². The Morgan fingerprint density at radius 3 is 0.744 bits per heavy atom. The van der Waals surface area contributed by atoms with Crippen LogP contribution in [0.1, 0.15) is 145 Å². The first-order valence-corrected chi connectivity index (χ1v) is 14.3. The summed E-state index contributed by atoms with van der Waals surface area (Å²) < 4.78 is 0. The van der Waals surface area contributed by atoms with E-state index >= 15 is 0 Å². The van der Waals surface area contributed by atoms with E-state index in [1.165, 1.54) is 12.8 Å². The second-order valence-electron chi connectivity index (χ2n) is 14.1. The zero-order chi connectivity index (χ0) is 30.5. The Morgan fingerprint density at radius 1 is 0.487 bits per heavy atom. The smallest absolute Gasteiger partial charge is 0.507 e. The van der Waals surface area contributed by atoms with E-state index in [0.717, 1.165) is 35.1 Å². The summed E-state index contributed by atoms with van der Waals surface area (Å²) in [6.07, 6.45) is 4.56. The summed E-state index contributed by atoms with van der Waals surface area (Å²) in [6.45, 7) is 36.9. The maximum atomic E-state index is 10.3. The first-order chi connectivity index (χ1) is 17.1. The Bertz CT molecular complexity index is 771. The standard InChI is InChI=1S/2C14H22O.2C4H9.Zr/c2*1-13(2,3)10-8-7-9-11(12(10)15)14(4,5)6;2*1-3-4-2;/h2*7-9,15H,1-6H3;2*1,3-4H2,2H3;/q;;2*-1;+2. The first-order valence-electron chi connectivity index (χ1n) is 14.3. The molecule has 0 aliphatic carbocycles. The van der Waals surface area contributed by atoms with E-state index in [2.05, 4.69) is 111 Å². The van der Waals surface area contributed by atoms with Crippen molar-refractivity contribution in [3.05, 3.63) is 72.5 Å². The summed E-state index contributed by atoms with van der Waals surface area (Å²) in [4.78, 5) is 0. The number of unbranched alkanes of at least 4 members (excludes halogenated alkanes) is 2. The number of hydrogen-bond acceptors (Lipinski definition) is 2. The molecule has 2 aromatic carbocycles. The van der Waals surface area contributed by atoms with Crippen molar-refractivity contribution in [3.8, 4) is 11.5 Å². The molecule has 0 heterocycles. The molecular formula is C36H62O2Zr. The van der Waals surface area contributed by atoms with Gasteiger partial charge < -0.3 is 24.1 Å². The molecule has 0 atom stereocenters.